The van der Waals surface area contributed by atoms with Gasteiger partial charge in [-0.05, 0) is 31.5 Å². The molecule has 0 spiro atoms. The van der Waals surface area contributed by atoms with Gasteiger partial charge in [0.2, 0.25) is 10.0 Å². The van der Waals surface area contributed by atoms with Gasteiger partial charge in [0.15, 0.2) is 0 Å². The van der Waals surface area contributed by atoms with E-state index in [1.54, 1.807) is 24.3 Å². The van der Waals surface area contributed by atoms with Crippen LogP contribution in [0.15, 0.2) is 41.8 Å². The zero-order valence-corrected chi connectivity index (χ0v) is 11.7. The molecule has 0 bridgehead atoms. The van der Waals surface area contributed by atoms with Crippen LogP contribution in [0.5, 0.6) is 0 Å². The van der Waals surface area contributed by atoms with Crippen molar-refractivity contribution in [2.45, 2.75) is 31.3 Å². The maximum atomic E-state index is 12.5. The highest BCUT2D eigenvalue weighted by Crippen LogP contribution is 2.19. The summed E-state index contributed by atoms with van der Waals surface area (Å²) in [4.78, 5) is 0.279. The molecule has 18 heavy (non-hydrogen) atoms. The van der Waals surface area contributed by atoms with Crippen LogP contribution in [0.3, 0.4) is 0 Å². The Labute approximate surface area is 109 Å². The van der Waals surface area contributed by atoms with Crippen molar-refractivity contribution >= 4 is 10.0 Å². The predicted molar refractivity (Wildman–Crippen MR) is 73.6 cm³/mol. The van der Waals surface area contributed by atoms with Crippen LogP contribution in [0.4, 0.5) is 0 Å². The van der Waals surface area contributed by atoms with Gasteiger partial charge >= 0.3 is 0 Å². The first-order chi connectivity index (χ1) is 8.43. The van der Waals surface area contributed by atoms with Crippen LogP contribution < -0.4 is 5.73 Å². The smallest absolute Gasteiger partial charge is 0.243 e. The van der Waals surface area contributed by atoms with Gasteiger partial charge in [-0.25, -0.2) is 8.42 Å². The lowest BCUT2D eigenvalue weighted by Crippen LogP contribution is -2.37. The molecule has 0 unspecified atom stereocenters. The molecule has 1 rings (SSSR count). The average Bonchev–Trinajstić information content (AvgIpc) is 2.35. The van der Waals surface area contributed by atoms with Crippen molar-refractivity contribution < 1.29 is 8.42 Å². The van der Waals surface area contributed by atoms with Crippen LogP contribution >= 0.6 is 0 Å². The molecular formula is C13H20N2O2S. The molecule has 0 fully saturated rings. The first kappa shape index (κ1) is 14.9. The lowest BCUT2D eigenvalue weighted by Gasteiger charge is -2.24. The fraction of sp³-hybridized carbons (Fsp3) is 0.385. The minimum Gasteiger partial charge on any atom is -0.326 e. The molecule has 0 aliphatic rings. The minimum absolute atomic E-state index is 0.116. The highest BCUT2D eigenvalue weighted by Gasteiger charge is 2.25. The second-order valence-electron chi connectivity index (χ2n) is 4.31. The van der Waals surface area contributed by atoms with E-state index >= 15 is 0 Å². The molecule has 4 nitrogen and oxygen atoms in total. The first-order valence-electron chi connectivity index (χ1n) is 5.85. The molecule has 2 N–H and O–H groups in total. The number of hydrogen-bond acceptors (Lipinski definition) is 3. The number of sulfonamides is 1. The maximum Gasteiger partial charge on any atom is 0.243 e. The van der Waals surface area contributed by atoms with Crippen LogP contribution in [0.1, 0.15) is 19.4 Å². The summed E-state index contributed by atoms with van der Waals surface area (Å²) in [5, 5.41) is 0. The summed E-state index contributed by atoms with van der Waals surface area (Å²) in [5.41, 5.74) is 6.34. The Balaban J connectivity index is 3.21. The molecule has 0 aliphatic carbocycles. The Bertz CT molecular complexity index is 509. The summed E-state index contributed by atoms with van der Waals surface area (Å²) in [5.74, 6) is 0. The zero-order chi connectivity index (χ0) is 13.8. The molecule has 0 saturated heterocycles. The van der Waals surface area contributed by atoms with Crippen molar-refractivity contribution in [3.05, 3.63) is 42.5 Å². The number of benzene rings is 1. The molecule has 0 radical (unpaired) electrons. The monoisotopic (exact) mass is 268 g/mol. The van der Waals surface area contributed by atoms with E-state index in [-0.39, 0.29) is 10.9 Å². The molecule has 1 aromatic rings. The van der Waals surface area contributed by atoms with Gasteiger partial charge in [-0.2, -0.15) is 4.31 Å². The third kappa shape index (κ3) is 3.19. The number of hydrogen-bond donors (Lipinski definition) is 1. The van der Waals surface area contributed by atoms with Gasteiger partial charge in [0.1, 0.15) is 0 Å². The fourth-order valence-corrected chi connectivity index (χ4v) is 3.36. The van der Waals surface area contributed by atoms with Gasteiger partial charge in [0.05, 0.1) is 4.90 Å². The van der Waals surface area contributed by atoms with E-state index in [1.165, 1.54) is 4.31 Å². The van der Waals surface area contributed by atoms with Crippen molar-refractivity contribution in [2.75, 3.05) is 6.54 Å². The summed E-state index contributed by atoms with van der Waals surface area (Å²) in [6.07, 6.45) is 1.59. The molecule has 5 heteroatoms. The highest BCUT2D eigenvalue weighted by molar-refractivity contribution is 7.89. The third-order valence-electron chi connectivity index (χ3n) is 2.63. The molecule has 0 aliphatic heterocycles. The second-order valence-corrected chi connectivity index (χ2v) is 6.20. The lowest BCUT2D eigenvalue weighted by molar-refractivity contribution is 0.383. The molecular weight excluding hydrogens is 248 g/mol. The molecule has 0 atom stereocenters. The van der Waals surface area contributed by atoms with Crippen LogP contribution in [-0.2, 0) is 16.6 Å². The van der Waals surface area contributed by atoms with E-state index in [0.29, 0.717) is 13.1 Å². The van der Waals surface area contributed by atoms with Crippen molar-refractivity contribution in [1.82, 2.24) is 4.31 Å². The normalized spacial score (nSPS) is 12.1. The molecule has 0 amide bonds. The zero-order valence-electron chi connectivity index (χ0n) is 10.8. The molecule has 100 valence electrons. The second kappa shape index (κ2) is 6.13. The quantitative estimate of drug-likeness (QED) is 0.799. The van der Waals surface area contributed by atoms with Gasteiger partial charge in [-0.1, -0.05) is 18.2 Å². The Kier molecular flexibility index (Phi) is 5.07. The van der Waals surface area contributed by atoms with E-state index in [0.717, 1.165) is 5.56 Å². The Morgan fingerprint density at radius 2 is 2.11 bits per heavy atom. The van der Waals surface area contributed by atoms with E-state index in [1.807, 2.05) is 19.9 Å². The van der Waals surface area contributed by atoms with Crippen LogP contribution in [0.2, 0.25) is 0 Å². The predicted octanol–water partition coefficient (Wildman–Crippen LogP) is 1.73. The van der Waals surface area contributed by atoms with Crippen molar-refractivity contribution in [2.24, 2.45) is 5.73 Å². The summed E-state index contributed by atoms with van der Waals surface area (Å²) in [7, 11) is -3.49. The summed E-state index contributed by atoms with van der Waals surface area (Å²) >= 11 is 0. The third-order valence-corrected chi connectivity index (χ3v) is 4.66. The van der Waals surface area contributed by atoms with Gasteiger partial charge in [-0.3, -0.25) is 0 Å². The Morgan fingerprint density at radius 1 is 1.44 bits per heavy atom. The van der Waals surface area contributed by atoms with E-state index in [4.69, 9.17) is 5.73 Å². The van der Waals surface area contributed by atoms with Gasteiger partial charge in [0.25, 0.3) is 0 Å². The molecule has 0 heterocycles. The molecule has 0 aromatic heterocycles. The number of rotatable bonds is 6. The van der Waals surface area contributed by atoms with Crippen LogP contribution in [0.25, 0.3) is 0 Å². The SMILES string of the molecule is C=CCN(C(C)C)S(=O)(=O)c1cccc(CN)c1. The number of nitrogens with two attached hydrogens (primary N) is 1. The Morgan fingerprint density at radius 3 is 2.61 bits per heavy atom. The van der Waals surface area contributed by atoms with Crippen molar-refractivity contribution in [1.29, 1.82) is 0 Å². The van der Waals surface area contributed by atoms with Crippen molar-refractivity contribution in [3.63, 3.8) is 0 Å². The Hall–Kier alpha value is -1.17. The summed E-state index contributed by atoms with van der Waals surface area (Å²) < 4.78 is 26.4. The largest absolute Gasteiger partial charge is 0.326 e. The first-order valence-corrected chi connectivity index (χ1v) is 7.29. The van der Waals surface area contributed by atoms with Gasteiger partial charge < -0.3 is 5.73 Å². The minimum atomic E-state index is -3.49. The topological polar surface area (TPSA) is 63.4 Å². The van der Waals surface area contributed by atoms with E-state index in [9.17, 15) is 8.42 Å². The van der Waals surface area contributed by atoms with Crippen molar-refractivity contribution in [3.8, 4) is 0 Å². The fourth-order valence-electron chi connectivity index (χ4n) is 1.68. The molecule has 0 saturated carbocycles. The molecule has 1 aromatic carbocycles. The van der Waals surface area contributed by atoms with E-state index in [2.05, 4.69) is 6.58 Å². The lowest BCUT2D eigenvalue weighted by atomic mass is 10.2. The van der Waals surface area contributed by atoms with Gasteiger partial charge in [0, 0.05) is 19.1 Å². The van der Waals surface area contributed by atoms with Gasteiger partial charge in [-0.15, -0.1) is 6.58 Å². The van der Waals surface area contributed by atoms with Crippen LogP contribution in [-0.4, -0.2) is 25.3 Å². The van der Waals surface area contributed by atoms with E-state index < -0.39 is 10.0 Å². The standard InChI is InChI=1S/C13H20N2O2S/c1-4-8-15(11(2)3)18(16,17)13-7-5-6-12(9-13)10-14/h4-7,9,11H,1,8,10,14H2,2-3H3. The summed E-state index contributed by atoms with van der Waals surface area (Å²) in [6, 6.07) is 6.61. The highest BCUT2D eigenvalue weighted by atomic mass is 32.2. The number of nitrogens with zero attached hydrogens (tertiary/aromatic N) is 1. The van der Waals surface area contributed by atoms with Crippen LogP contribution in [0, 0.1) is 0 Å². The summed E-state index contributed by atoms with van der Waals surface area (Å²) in [6.45, 7) is 7.90. The average molecular weight is 268 g/mol. The maximum absolute atomic E-state index is 12.5.